The van der Waals surface area contributed by atoms with Crippen molar-refractivity contribution in [2.45, 2.75) is 44.4 Å². The number of hydrogen-bond donors (Lipinski definition) is 0. The number of benzene rings is 1. The van der Waals surface area contributed by atoms with Crippen LogP contribution in [-0.4, -0.2) is 0 Å². The Labute approximate surface area is 102 Å². The fourth-order valence-corrected chi connectivity index (χ4v) is 3.02. The average Bonchev–Trinajstić information content (AvgIpc) is 2.72. The van der Waals surface area contributed by atoms with Gasteiger partial charge < -0.3 is 0 Å². The molecule has 1 aromatic carbocycles. The van der Waals surface area contributed by atoms with Gasteiger partial charge in [-0.15, -0.1) is 0 Å². The van der Waals surface area contributed by atoms with E-state index in [4.69, 9.17) is 23.2 Å². The molecule has 0 unspecified atom stereocenters. The highest BCUT2D eigenvalue weighted by molar-refractivity contribution is 6.42. The first-order valence-corrected chi connectivity index (χ1v) is 6.39. The minimum atomic E-state index is 0.369. The van der Waals surface area contributed by atoms with Gasteiger partial charge >= 0.3 is 0 Å². The zero-order valence-electron chi connectivity index (χ0n) is 9.02. The molecule has 0 saturated heterocycles. The Hall–Kier alpha value is -0.200. The lowest BCUT2D eigenvalue weighted by Gasteiger charge is -2.28. The van der Waals surface area contributed by atoms with E-state index in [2.05, 4.69) is 19.1 Å². The van der Waals surface area contributed by atoms with E-state index in [-0.39, 0.29) is 0 Å². The van der Waals surface area contributed by atoms with Gasteiger partial charge in [-0.3, -0.25) is 0 Å². The molecule has 1 aliphatic rings. The van der Waals surface area contributed by atoms with Gasteiger partial charge in [-0.2, -0.15) is 0 Å². The van der Waals surface area contributed by atoms with E-state index in [1.54, 1.807) is 0 Å². The summed E-state index contributed by atoms with van der Waals surface area (Å²) in [6.07, 6.45) is 6.47. The van der Waals surface area contributed by atoms with Gasteiger partial charge in [-0.25, -0.2) is 0 Å². The predicted molar refractivity (Wildman–Crippen MR) is 66.9 cm³/mol. The maximum atomic E-state index is 6.08. The Morgan fingerprint density at radius 1 is 1.13 bits per heavy atom. The molecule has 1 saturated carbocycles. The van der Waals surface area contributed by atoms with Gasteiger partial charge in [0.15, 0.2) is 0 Å². The second kappa shape index (κ2) is 4.35. The molecule has 1 aliphatic carbocycles. The lowest BCUT2D eigenvalue weighted by atomic mass is 9.77. The van der Waals surface area contributed by atoms with Crippen LogP contribution in [0.15, 0.2) is 18.2 Å². The molecule has 0 spiro atoms. The third-order valence-electron chi connectivity index (χ3n) is 3.77. The van der Waals surface area contributed by atoms with Crippen molar-refractivity contribution in [2.24, 2.45) is 0 Å². The molecule has 2 heteroatoms. The van der Waals surface area contributed by atoms with E-state index < -0.39 is 0 Å². The van der Waals surface area contributed by atoms with Crippen LogP contribution in [0.5, 0.6) is 0 Å². The number of halogens is 2. The van der Waals surface area contributed by atoms with Crippen LogP contribution in [0.1, 0.15) is 44.6 Å². The summed E-state index contributed by atoms with van der Waals surface area (Å²) in [5.41, 5.74) is 1.74. The van der Waals surface area contributed by atoms with Gasteiger partial charge in [-0.1, -0.05) is 49.0 Å². The highest BCUT2D eigenvalue weighted by atomic mass is 35.5. The maximum Gasteiger partial charge on any atom is 0.0595 e. The van der Waals surface area contributed by atoms with Crippen molar-refractivity contribution in [2.75, 3.05) is 0 Å². The van der Waals surface area contributed by atoms with Crippen LogP contribution in [0, 0.1) is 0 Å². The summed E-state index contributed by atoms with van der Waals surface area (Å²) in [5.74, 6) is 0. The fourth-order valence-electron chi connectivity index (χ4n) is 2.72. The summed E-state index contributed by atoms with van der Waals surface area (Å²) in [5, 5.41) is 1.35. The third-order valence-corrected chi connectivity index (χ3v) is 4.51. The van der Waals surface area contributed by atoms with Crippen LogP contribution in [0.4, 0.5) is 0 Å². The molecule has 0 atom stereocenters. The van der Waals surface area contributed by atoms with Crippen LogP contribution in [-0.2, 0) is 5.41 Å². The van der Waals surface area contributed by atoms with E-state index in [0.717, 1.165) is 0 Å². The summed E-state index contributed by atoms with van der Waals surface area (Å²) in [6.45, 7) is 2.27. The molecule has 1 aromatic rings. The van der Waals surface area contributed by atoms with Crippen LogP contribution in [0.3, 0.4) is 0 Å². The quantitative estimate of drug-likeness (QED) is 0.668. The molecule has 0 radical (unpaired) electrons. The molecule has 0 N–H and O–H groups in total. The van der Waals surface area contributed by atoms with Crippen LogP contribution >= 0.6 is 23.2 Å². The van der Waals surface area contributed by atoms with Gasteiger partial charge in [0.05, 0.1) is 10.0 Å². The Morgan fingerprint density at radius 3 is 2.33 bits per heavy atom. The topological polar surface area (TPSA) is 0 Å². The summed E-state index contributed by atoms with van der Waals surface area (Å²) in [6, 6.07) is 6.12. The molecule has 82 valence electrons. The lowest BCUT2D eigenvalue weighted by molar-refractivity contribution is 0.425. The monoisotopic (exact) mass is 242 g/mol. The molecule has 0 amide bonds. The van der Waals surface area contributed by atoms with Crippen molar-refractivity contribution in [1.29, 1.82) is 0 Å². The van der Waals surface area contributed by atoms with E-state index >= 15 is 0 Å². The number of hydrogen-bond acceptors (Lipinski definition) is 0. The molecule has 2 rings (SSSR count). The van der Waals surface area contributed by atoms with E-state index in [1.807, 2.05) is 6.07 Å². The van der Waals surface area contributed by atoms with Crippen LogP contribution in [0.25, 0.3) is 0 Å². The molecule has 1 fully saturated rings. The second-order valence-corrected chi connectivity index (χ2v) is 5.28. The standard InChI is InChI=1S/C13H16Cl2/c1-2-13(7-3-4-8-13)10-5-6-11(14)12(15)9-10/h5-6,9H,2-4,7-8H2,1H3. The summed E-state index contributed by atoms with van der Waals surface area (Å²) in [7, 11) is 0. The first-order chi connectivity index (χ1) is 7.18. The summed E-state index contributed by atoms with van der Waals surface area (Å²) in [4.78, 5) is 0. The first kappa shape index (κ1) is 11.3. The Kier molecular flexibility index (Phi) is 3.27. The largest absolute Gasteiger partial charge is 0.0827 e. The Balaban J connectivity index is 2.38. The Bertz CT molecular complexity index is 352. The minimum absolute atomic E-state index is 0.369. The lowest BCUT2D eigenvalue weighted by Crippen LogP contribution is -2.20. The molecule has 0 bridgehead atoms. The van der Waals surface area contributed by atoms with Crippen LogP contribution < -0.4 is 0 Å². The highest BCUT2D eigenvalue weighted by Crippen LogP contribution is 2.44. The fraction of sp³-hybridized carbons (Fsp3) is 0.538. The van der Waals surface area contributed by atoms with Gasteiger partial charge in [0.25, 0.3) is 0 Å². The normalized spacial score (nSPS) is 19.4. The predicted octanol–water partition coefficient (Wildman–Crippen LogP) is 5.22. The van der Waals surface area contributed by atoms with E-state index in [9.17, 15) is 0 Å². The summed E-state index contributed by atoms with van der Waals surface area (Å²) >= 11 is 12.0. The molecule has 15 heavy (non-hydrogen) atoms. The van der Waals surface area contributed by atoms with Gasteiger partial charge in [0.2, 0.25) is 0 Å². The average molecular weight is 243 g/mol. The first-order valence-electron chi connectivity index (χ1n) is 5.63. The molecule has 0 heterocycles. The van der Waals surface area contributed by atoms with Crippen molar-refractivity contribution in [3.05, 3.63) is 33.8 Å². The molecule has 0 aromatic heterocycles. The Morgan fingerprint density at radius 2 is 1.80 bits per heavy atom. The zero-order chi connectivity index (χ0) is 10.9. The van der Waals surface area contributed by atoms with Crippen molar-refractivity contribution in [1.82, 2.24) is 0 Å². The highest BCUT2D eigenvalue weighted by Gasteiger charge is 2.33. The van der Waals surface area contributed by atoms with Gasteiger partial charge in [0, 0.05) is 0 Å². The molecule has 0 nitrogen and oxygen atoms in total. The van der Waals surface area contributed by atoms with E-state index in [1.165, 1.54) is 37.7 Å². The van der Waals surface area contributed by atoms with Crippen LogP contribution in [0.2, 0.25) is 10.0 Å². The molecule has 0 aliphatic heterocycles. The van der Waals surface area contributed by atoms with Gasteiger partial charge in [0.1, 0.15) is 0 Å². The van der Waals surface area contributed by atoms with E-state index in [0.29, 0.717) is 15.5 Å². The minimum Gasteiger partial charge on any atom is -0.0827 e. The molecular weight excluding hydrogens is 227 g/mol. The van der Waals surface area contributed by atoms with Crippen molar-refractivity contribution >= 4 is 23.2 Å². The van der Waals surface area contributed by atoms with Crippen molar-refractivity contribution < 1.29 is 0 Å². The second-order valence-electron chi connectivity index (χ2n) is 4.47. The third kappa shape index (κ3) is 2.03. The van der Waals surface area contributed by atoms with Crippen molar-refractivity contribution in [3.63, 3.8) is 0 Å². The zero-order valence-corrected chi connectivity index (χ0v) is 10.5. The number of rotatable bonds is 2. The van der Waals surface area contributed by atoms with Crippen molar-refractivity contribution in [3.8, 4) is 0 Å². The summed E-state index contributed by atoms with van der Waals surface area (Å²) < 4.78 is 0. The maximum absolute atomic E-state index is 6.08. The molecular formula is C13H16Cl2. The smallest absolute Gasteiger partial charge is 0.0595 e. The van der Waals surface area contributed by atoms with Gasteiger partial charge in [-0.05, 0) is 42.4 Å². The SMILES string of the molecule is CCC1(c2ccc(Cl)c(Cl)c2)CCCC1.